The Morgan fingerprint density at radius 2 is 1.97 bits per heavy atom. The van der Waals surface area contributed by atoms with E-state index >= 15 is 0 Å². The number of ether oxygens (including phenoxy) is 2. The first-order valence-corrected chi connectivity index (χ1v) is 10.9. The lowest BCUT2D eigenvalue weighted by Crippen LogP contribution is -2.24. The Morgan fingerprint density at radius 1 is 1.13 bits per heavy atom. The van der Waals surface area contributed by atoms with Gasteiger partial charge in [-0.15, -0.1) is 11.3 Å². The zero-order valence-corrected chi connectivity index (χ0v) is 18.0. The van der Waals surface area contributed by atoms with Gasteiger partial charge in [0.1, 0.15) is 5.69 Å². The first-order valence-electron chi connectivity index (χ1n) is 9.09. The van der Waals surface area contributed by atoms with Crippen molar-refractivity contribution < 1.29 is 18.8 Å². The molecule has 2 heterocycles. The van der Waals surface area contributed by atoms with E-state index in [4.69, 9.17) is 14.0 Å². The number of rotatable bonds is 8. The summed E-state index contributed by atoms with van der Waals surface area (Å²) in [5.41, 5.74) is 2.40. The molecule has 1 N–H and O–H groups in total. The van der Waals surface area contributed by atoms with Gasteiger partial charge in [-0.3, -0.25) is 4.79 Å². The Balaban J connectivity index is 1.32. The fourth-order valence-corrected chi connectivity index (χ4v) is 4.70. The Kier molecular flexibility index (Phi) is 6.20. The summed E-state index contributed by atoms with van der Waals surface area (Å²) in [6, 6.07) is 15.2. The van der Waals surface area contributed by atoms with Crippen molar-refractivity contribution in [2.75, 3.05) is 20.0 Å². The predicted octanol–water partition coefficient (Wildman–Crippen LogP) is 4.38. The maximum atomic E-state index is 12.2. The minimum atomic E-state index is -0.0880. The first kappa shape index (κ1) is 20.2. The zero-order chi connectivity index (χ0) is 20.9. The molecule has 0 radical (unpaired) electrons. The van der Waals surface area contributed by atoms with Crippen LogP contribution >= 0.6 is 23.1 Å². The van der Waals surface area contributed by atoms with Gasteiger partial charge in [0.15, 0.2) is 21.6 Å². The van der Waals surface area contributed by atoms with E-state index < -0.39 is 0 Å². The van der Waals surface area contributed by atoms with Crippen molar-refractivity contribution in [2.24, 2.45) is 0 Å². The molecule has 1 amide bonds. The van der Waals surface area contributed by atoms with Crippen LogP contribution in [0.5, 0.6) is 11.5 Å². The third-order valence-corrected chi connectivity index (χ3v) is 6.47. The van der Waals surface area contributed by atoms with Crippen molar-refractivity contribution in [3.05, 3.63) is 54.2 Å². The van der Waals surface area contributed by atoms with Crippen LogP contribution in [0.4, 0.5) is 0 Å². The monoisotopic (exact) mass is 441 g/mol. The number of amides is 1. The van der Waals surface area contributed by atoms with E-state index in [0.29, 0.717) is 28.7 Å². The van der Waals surface area contributed by atoms with Crippen molar-refractivity contribution in [1.29, 1.82) is 0 Å². The predicted molar refractivity (Wildman–Crippen MR) is 117 cm³/mol. The first-order chi connectivity index (χ1) is 14.7. The highest BCUT2D eigenvalue weighted by atomic mass is 32.2. The molecule has 0 saturated heterocycles. The lowest BCUT2D eigenvalue weighted by molar-refractivity contribution is -0.118. The van der Waals surface area contributed by atoms with Gasteiger partial charge >= 0.3 is 0 Å². The molecule has 30 heavy (non-hydrogen) atoms. The zero-order valence-electron chi connectivity index (χ0n) is 16.4. The molecule has 0 unspecified atom stereocenters. The van der Waals surface area contributed by atoms with Gasteiger partial charge in [0.05, 0.1) is 36.7 Å². The minimum Gasteiger partial charge on any atom is -0.493 e. The van der Waals surface area contributed by atoms with Gasteiger partial charge in [0.2, 0.25) is 5.91 Å². The maximum absolute atomic E-state index is 12.2. The number of carbonyl (C=O) groups excluding carboxylic acids is 1. The number of hydrogen-bond donors (Lipinski definition) is 1. The van der Waals surface area contributed by atoms with Crippen molar-refractivity contribution in [2.45, 2.75) is 10.9 Å². The van der Waals surface area contributed by atoms with Crippen LogP contribution in [-0.4, -0.2) is 36.0 Å². The van der Waals surface area contributed by atoms with Crippen LogP contribution in [0.25, 0.3) is 21.5 Å². The minimum absolute atomic E-state index is 0.0880. The van der Waals surface area contributed by atoms with Crippen LogP contribution in [0.2, 0.25) is 0 Å². The van der Waals surface area contributed by atoms with E-state index in [9.17, 15) is 4.79 Å². The van der Waals surface area contributed by atoms with Crippen LogP contribution in [-0.2, 0) is 11.3 Å². The third kappa shape index (κ3) is 4.58. The van der Waals surface area contributed by atoms with E-state index in [1.165, 1.54) is 11.8 Å². The topological polar surface area (TPSA) is 86.5 Å². The van der Waals surface area contributed by atoms with E-state index in [1.54, 1.807) is 37.7 Å². The largest absolute Gasteiger partial charge is 0.493 e. The Morgan fingerprint density at radius 3 is 2.77 bits per heavy atom. The normalized spacial score (nSPS) is 10.9. The lowest BCUT2D eigenvalue weighted by Gasteiger charge is -2.07. The average Bonchev–Trinajstić information content (AvgIpc) is 3.42. The summed E-state index contributed by atoms with van der Waals surface area (Å²) >= 11 is 3.01. The highest BCUT2D eigenvalue weighted by Gasteiger charge is 2.12. The van der Waals surface area contributed by atoms with Gasteiger partial charge in [-0.1, -0.05) is 29.1 Å². The number of nitrogens with one attached hydrogen (secondary N) is 1. The summed E-state index contributed by atoms with van der Waals surface area (Å²) in [6.07, 6.45) is 0. The van der Waals surface area contributed by atoms with Gasteiger partial charge in [0, 0.05) is 11.6 Å². The number of para-hydroxylation sites is 1. The Bertz CT molecular complexity index is 1140. The van der Waals surface area contributed by atoms with Crippen molar-refractivity contribution in [3.63, 3.8) is 0 Å². The molecule has 2 aromatic carbocycles. The smallest absolute Gasteiger partial charge is 0.230 e. The Hall–Kier alpha value is -3.04. The fraction of sp³-hybridized carbons (Fsp3) is 0.190. The van der Waals surface area contributed by atoms with E-state index in [1.807, 2.05) is 36.4 Å². The molecule has 0 aliphatic rings. The number of carbonyl (C=O) groups is 1. The van der Waals surface area contributed by atoms with Crippen LogP contribution < -0.4 is 14.8 Å². The summed E-state index contributed by atoms with van der Waals surface area (Å²) in [7, 11) is 3.16. The molecule has 7 nitrogen and oxygen atoms in total. The standard InChI is InChI=1S/C21H19N3O4S2/c1-26-16-8-7-13(9-18(16)27-2)17-10-14(24-28-17)11-22-20(25)12-29-21-23-15-5-3-4-6-19(15)30-21/h3-10H,11-12H2,1-2H3,(H,22,25). The van der Waals surface area contributed by atoms with Crippen LogP contribution in [0.3, 0.4) is 0 Å². The van der Waals surface area contributed by atoms with Gasteiger partial charge in [-0.2, -0.15) is 0 Å². The number of benzene rings is 2. The Labute approximate surface area is 181 Å². The van der Waals surface area contributed by atoms with Crippen molar-refractivity contribution >= 4 is 39.2 Å². The molecule has 9 heteroatoms. The highest BCUT2D eigenvalue weighted by Crippen LogP contribution is 2.32. The van der Waals surface area contributed by atoms with E-state index in [-0.39, 0.29) is 12.5 Å². The maximum Gasteiger partial charge on any atom is 0.230 e. The van der Waals surface area contributed by atoms with Gasteiger partial charge in [-0.25, -0.2) is 4.98 Å². The molecular formula is C21H19N3O4S2. The number of thiazole rings is 1. The quantitative estimate of drug-likeness (QED) is 0.406. The number of aromatic nitrogens is 2. The molecule has 2 aromatic heterocycles. The molecule has 0 fully saturated rings. The second-order valence-electron chi connectivity index (χ2n) is 6.27. The molecule has 4 aromatic rings. The van der Waals surface area contributed by atoms with Crippen LogP contribution in [0.1, 0.15) is 5.69 Å². The van der Waals surface area contributed by atoms with Crippen LogP contribution in [0, 0.1) is 0 Å². The lowest BCUT2D eigenvalue weighted by atomic mass is 10.1. The number of methoxy groups -OCH3 is 2. The van der Waals surface area contributed by atoms with Crippen molar-refractivity contribution in [1.82, 2.24) is 15.5 Å². The van der Waals surface area contributed by atoms with Crippen molar-refractivity contribution in [3.8, 4) is 22.8 Å². The number of thioether (sulfide) groups is 1. The molecule has 0 spiro atoms. The molecule has 0 saturated carbocycles. The molecule has 0 atom stereocenters. The number of nitrogens with zero attached hydrogens (tertiary/aromatic N) is 2. The molecule has 154 valence electrons. The number of fused-ring (bicyclic) bond motifs is 1. The summed E-state index contributed by atoms with van der Waals surface area (Å²) in [5, 5.41) is 6.89. The molecular weight excluding hydrogens is 422 g/mol. The summed E-state index contributed by atoms with van der Waals surface area (Å²) in [4.78, 5) is 16.7. The number of hydrogen-bond acceptors (Lipinski definition) is 8. The third-order valence-electron chi connectivity index (χ3n) is 4.29. The molecule has 0 aliphatic heterocycles. The SMILES string of the molecule is COc1ccc(-c2cc(CNC(=O)CSc3nc4ccccc4s3)no2)cc1OC. The average molecular weight is 442 g/mol. The van der Waals surface area contributed by atoms with Gasteiger partial charge in [-0.05, 0) is 30.3 Å². The van der Waals surface area contributed by atoms with Crippen LogP contribution in [0.15, 0.2) is 57.4 Å². The second-order valence-corrected chi connectivity index (χ2v) is 8.52. The van der Waals surface area contributed by atoms with E-state index in [2.05, 4.69) is 15.5 Å². The summed E-state index contributed by atoms with van der Waals surface area (Å²) < 4.78 is 18.0. The van der Waals surface area contributed by atoms with E-state index in [0.717, 1.165) is 20.1 Å². The second kappa shape index (κ2) is 9.19. The summed E-state index contributed by atoms with van der Waals surface area (Å²) in [5.74, 6) is 2.03. The van der Waals surface area contributed by atoms with Gasteiger partial charge < -0.3 is 19.3 Å². The van der Waals surface area contributed by atoms with Gasteiger partial charge in [0.25, 0.3) is 0 Å². The molecule has 0 bridgehead atoms. The molecule has 0 aliphatic carbocycles. The fourth-order valence-electron chi connectivity index (χ4n) is 2.80. The highest BCUT2D eigenvalue weighted by molar-refractivity contribution is 8.01. The summed E-state index contributed by atoms with van der Waals surface area (Å²) in [6.45, 7) is 0.288. The molecule has 4 rings (SSSR count).